The van der Waals surface area contributed by atoms with Gasteiger partial charge in [-0.1, -0.05) is 31.0 Å². The summed E-state index contributed by atoms with van der Waals surface area (Å²) in [6.45, 7) is 8.52. The summed E-state index contributed by atoms with van der Waals surface area (Å²) in [5.74, 6) is 2.58. The fourth-order valence-corrected chi connectivity index (χ4v) is 4.84. The molecule has 1 saturated carbocycles. The van der Waals surface area contributed by atoms with Crippen LogP contribution >= 0.6 is 0 Å². The van der Waals surface area contributed by atoms with Gasteiger partial charge in [0.1, 0.15) is 5.75 Å². The molecule has 5 nitrogen and oxygen atoms in total. The minimum absolute atomic E-state index is 0.332. The average molecular weight is 408 g/mol. The SMILES string of the molecule is CCNC(=NCCCCOc1ccc(C)cc1)NC1CCCC(S(=O)CC)C1. The lowest BCUT2D eigenvalue weighted by molar-refractivity contribution is 0.308. The Balaban J connectivity index is 1.70. The van der Waals surface area contributed by atoms with Gasteiger partial charge in [0.15, 0.2) is 5.96 Å². The molecule has 3 atom stereocenters. The number of aryl methyl sites for hydroxylation is 1. The predicted molar refractivity (Wildman–Crippen MR) is 120 cm³/mol. The fourth-order valence-electron chi connectivity index (χ4n) is 3.49. The lowest BCUT2D eigenvalue weighted by Gasteiger charge is -2.30. The van der Waals surface area contributed by atoms with Gasteiger partial charge in [0.25, 0.3) is 0 Å². The van der Waals surface area contributed by atoms with Crippen LogP contribution in [0.5, 0.6) is 5.75 Å². The third-order valence-corrected chi connectivity index (χ3v) is 6.82. The van der Waals surface area contributed by atoms with Gasteiger partial charge in [-0.15, -0.1) is 0 Å². The van der Waals surface area contributed by atoms with Crippen molar-refractivity contribution >= 4 is 16.8 Å². The standard InChI is InChI=1S/C22H37N3O2S/c1-4-23-22(25-19-9-8-10-21(17-19)28(26)5-2)24-15-6-7-16-27-20-13-11-18(3)12-14-20/h11-14,19,21H,4-10,15-17H2,1-3H3,(H2,23,24,25). The Hall–Kier alpha value is -1.56. The van der Waals surface area contributed by atoms with E-state index < -0.39 is 10.8 Å². The highest BCUT2D eigenvalue weighted by Crippen LogP contribution is 2.23. The predicted octanol–water partition coefficient (Wildman–Crippen LogP) is 3.79. The quantitative estimate of drug-likeness (QED) is 0.352. The Morgan fingerprint density at radius 1 is 1.21 bits per heavy atom. The number of aliphatic imine (C=N–C) groups is 1. The number of ether oxygens (including phenoxy) is 1. The van der Waals surface area contributed by atoms with Crippen LogP contribution in [0, 0.1) is 6.92 Å². The second-order valence-corrected chi connectivity index (χ2v) is 9.43. The summed E-state index contributed by atoms with van der Waals surface area (Å²) in [5, 5.41) is 7.23. The van der Waals surface area contributed by atoms with Crippen molar-refractivity contribution in [2.45, 2.75) is 70.6 Å². The summed E-state index contributed by atoms with van der Waals surface area (Å²) < 4.78 is 17.9. The molecule has 1 aliphatic carbocycles. The molecule has 6 heteroatoms. The molecule has 0 aliphatic heterocycles. The Labute approximate surface area is 173 Å². The van der Waals surface area contributed by atoms with Crippen molar-refractivity contribution in [3.05, 3.63) is 29.8 Å². The van der Waals surface area contributed by atoms with Crippen LogP contribution in [0.3, 0.4) is 0 Å². The van der Waals surface area contributed by atoms with Gasteiger partial charge in [-0.3, -0.25) is 9.20 Å². The third kappa shape index (κ3) is 8.21. The van der Waals surface area contributed by atoms with Crippen molar-refractivity contribution in [2.24, 2.45) is 4.99 Å². The van der Waals surface area contributed by atoms with E-state index in [2.05, 4.69) is 36.6 Å². The molecule has 0 saturated heterocycles. The van der Waals surface area contributed by atoms with Gasteiger partial charge >= 0.3 is 0 Å². The summed E-state index contributed by atoms with van der Waals surface area (Å²) in [5.41, 5.74) is 1.25. The molecular weight excluding hydrogens is 370 g/mol. The van der Waals surface area contributed by atoms with Crippen molar-refractivity contribution in [3.8, 4) is 5.75 Å². The van der Waals surface area contributed by atoms with E-state index in [4.69, 9.17) is 9.73 Å². The zero-order valence-electron chi connectivity index (χ0n) is 17.7. The summed E-state index contributed by atoms with van der Waals surface area (Å²) in [6, 6.07) is 8.55. The van der Waals surface area contributed by atoms with Crippen LogP contribution in [0.1, 0.15) is 57.9 Å². The van der Waals surface area contributed by atoms with Crippen LogP contribution in [0.25, 0.3) is 0 Å². The number of rotatable bonds is 10. The molecule has 0 heterocycles. The monoisotopic (exact) mass is 407 g/mol. The van der Waals surface area contributed by atoms with Crippen LogP contribution in [-0.2, 0) is 10.8 Å². The maximum Gasteiger partial charge on any atom is 0.191 e. The van der Waals surface area contributed by atoms with E-state index in [9.17, 15) is 4.21 Å². The van der Waals surface area contributed by atoms with E-state index in [1.807, 2.05) is 19.1 Å². The first-order chi connectivity index (χ1) is 13.6. The number of nitrogens with zero attached hydrogens (tertiary/aromatic N) is 1. The molecule has 0 amide bonds. The molecule has 1 fully saturated rings. The zero-order chi connectivity index (χ0) is 20.2. The highest BCUT2D eigenvalue weighted by molar-refractivity contribution is 7.85. The normalized spacial score (nSPS) is 21.2. The van der Waals surface area contributed by atoms with Gasteiger partial charge < -0.3 is 15.4 Å². The minimum Gasteiger partial charge on any atom is -0.494 e. The molecule has 1 aromatic carbocycles. The molecule has 3 unspecified atom stereocenters. The summed E-state index contributed by atoms with van der Waals surface area (Å²) in [7, 11) is -0.693. The molecule has 0 radical (unpaired) electrons. The van der Waals surface area contributed by atoms with E-state index in [1.54, 1.807) is 0 Å². The maximum atomic E-state index is 12.1. The van der Waals surface area contributed by atoms with Crippen molar-refractivity contribution in [2.75, 3.05) is 25.4 Å². The number of nitrogens with one attached hydrogen (secondary N) is 2. The van der Waals surface area contributed by atoms with Crippen molar-refractivity contribution in [1.29, 1.82) is 0 Å². The van der Waals surface area contributed by atoms with Gasteiger partial charge in [0, 0.05) is 40.9 Å². The van der Waals surface area contributed by atoms with Crippen LogP contribution < -0.4 is 15.4 Å². The molecule has 0 bridgehead atoms. The van der Waals surface area contributed by atoms with Crippen molar-refractivity contribution in [1.82, 2.24) is 10.6 Å². The molecule has 1 aliphatic rings. The molecule has 158 valence electrons. The topological polar surface area (TPSA) is 62.7 Å². The zero-order valence-corrected chi connectivity index (χ0v) is 18.5. The van der Waals surface area contributed by atoms with Crippen LogP contribution in [0.15, 0.2) is 29.3 Å². The van der Waals surface area contributed by atoms with Gasteiger partial charge in [0.2, 0.25) is 0 Å². The van der Waals surface area contributed by atoms with Crippen molar-refractivity contribution < 1.29 is 8.95 Å². The molecule has 0 aromatic heterocycles. The highest BCUT2D eigenvalue weighted by Gasteiger charge is 2.25. The lowest BCUT2D eigenvalue weighted by atomic mass is 9.95. The Kier molecular flexibility index (Phi) is 10.4. The Morgan fingerprint density at radius 3 is 2.71 bits per heavy atom. The first-order valence-corrected chi connectivity index (χ1v) is 12.1. The number of guanidine groups is 1. The maximum absolute atomic E-state index is 12.1. The van der Waals surface area contributed by atoms with E-state index >= 15 is 0 Å². The Morgan fingerprint density at radius 2 is 2.00 bits per heavy atom. The molecule has 1 aromatic rings. The van der Waals surface area contributed by atoms with Gasteiger partial charge in [-0.25, -0.2) is 0 Å². The van der Waals surface area contributed by atoms with Crippen LogP contribution in [-0.4, -0.2) is 46.9 Å². The van der Waals surface area contributed by atoms with E-state index in [0.29, 0.717) is 11.3 Å². The van der Waals surface area contributed by atoms with Gasteiger partial charge in [-0.2, -0.15) is 0 Å². The molecule has 0 spiro atoms. The highest BCUT2D eigenvalue weighted by atomic mass is 32.2. The summed E-state index contributed by atoms with van der Waals surface area (Å²) >= 11 is 0. The van der Waals surface area contributed by atoms with Gasteiger partial charge in [0.05, 0.1) is 6.61 Å². The molecule has 2 rings (SSSR count). The number of hydrogen-bond acceptors (Lipinski definition) is 3. The Bertz CT molecular complexity index is 619. The van der Waals surface area contributed by atoms with Crippen molar-refractivity contribution in [3.63, 3.8) is 0 Å². The smallest absolute Gasteiger partial charge is 0.191 e. The molecule has 28 heavy (non-hydrogen) atoms. The number of benzene rings is 1. The minimum atomic E-state index is -0.693. The second-order valence-electron chi connectivity index (χ2n) is 7.43. The first-order valence-electron chi connectivity index (χ1n) is 10.7. The third-order valence-electron chi connectivity index (χ3n) is 5.08. The molecule has 2 N–H and O–H groups in total. The van der Waals surface area contributed by atoms with E-state index in [1.165, 1.54) is 5.56 Å². The van der Waals surface area contributed by atoms with E-state index in [-0.39, 0.29) is 0 Å². The van der Waals surface area contributed by atoms with Crippen LogP contribution in [0.2, 0.25) is 0 Å². The lowest BCUT2D eigenvalue weighted by Crippen LogP contribution is -2.46. The molecular formula is C22H37N3O2S. The second kappa shape index (κ2) is 12.8. The summed E-state index contributed by atoms with van der Waals surface area (Å²) in [6.07, 6.45) is 6.33. The van der Waals surface area contributed by atoms with Gasteiger partial charge in [-0.05, 0) is 58.1 Å². The van der Waals surface area contributed by atoms with E-state index in [0.717, 1.165) is 75.7 Å². The number of unbranched alkanes of at least 4 members (excludes halogenated alkanes) is 1. The average Bonchev–Trinajstić information content (AvgIpc) is 2.71. The fraction of sp³-hybridized carbons (Fsp3) is 0.682. The number of hydrogen-bond donors (Lipinski definition) is 2. The first kappa shape index (κ1) is 22.7. The summed E-state index contributed by atoms with van der Waals surface area (Å²) in [4.78, 5) is 4.72. The largest absolute Gasteiger partial charge is 0.494 e. The van der Waals surface area contributed by atoms with Crippen LogP contribution in [0.4, 0.5) is 0 Å².